The molecule has 8 heteroatoms. The highest BCUT2D eigenvalue weighted by molar-refractivity contribution is 5.97. The summed E-state index contributed by atoms with van der Waals surface area (Å²) in [5, 5.41) is 0. The van der Waals surface area contributed by atoms with Crippen LogP contribution in [0.15, 0.2) is 24.3 Å². The molecule has 5 nitrogen and oxygen atoms in total. The first-order chi connectivity index (χ1) is 10.4. The van der Waals surface area contributed by atoms with E-state index < -0.39 is 18.0 Å². The van der Waals surface area contributed by atoms with E-state index in [1.165, 1.54) is 23.1 Å². The van der Waals surface area contributed by atoms with Crippen LogP contribution in [0, 0.1) is 0 Å². The molecule has 1 saturated heterocycles. The fraction of sp³-hybridized carbons (Fsp3) is 0.500. The summed E-state index contributed by atoms with van der Waals surface area (Å²) in [5.74, 6) is -0.920. The fourth-order valence-electron chi connectivity index (χ4n) is 2.38. The molecule has 0 spiro atoms. The van der Waals surface area contributed by atoms with Gasteiger partial charge in [0.1, 0.15) is 5.75 Å². The highest BCUT2D eigenvalue weighted by Crippen LogP contribution is 2.27. The zero-order valence-corrected chi connectivity index (χ0v) is 12.0. The van der Waals surface area contributed by atoms with Gasteiger partial charge in [-0.15, -0.1) is 13.2 Å². The normalized spacial score (nSPS) is 16.6. The van der Waals surface area contributed by atoms with Crippen molar-refractivity contribution in [3.63, 3.8) is 0 Å². The minimum Gasteiger partial charge on any atom is -0.405 e. The number of hydrogen-bond acceptors (Lipinski definition) is 4. The topological polar surface area (TPSA) is 58.8 Å². The molecule has 0 aliphatic carbocycles. The minimum absolute atomic E-state index is 0.0768. The number of piperazine rings is 1. The van der Waals surface area contributed by atoms with Crippen LogP contribution in [0.3, 0.4) is 0 Å². The van der Waals surface area contributed by atoms with Crippen LogP contribution in [0.5, 0.6) is 5.75 Å². The number of para-hydroxylation sites is 1. The molecule has 0 atom stereocenters. The molecule has 0 unspecified atom stereocenters. The number of carbonyl (C=O) groups is 1. The first-order valence-electron chi connectivity index (χ1n) is 6.97. The largest absolute Gasteiger partial charge is 0.573 e. The van der Waals surface area contributed by atoms with Crippen molar-refractivity contribution in [1.82, 2.24) is 9.80 Å². The Bertz CT molecular complexity index is 514. The number of nitrogens with zero attached hydrogens (tertiary/aromatic N) is 2. The van der Waals surface area contributed by atoms with E-state index in [1.807, 2.05) is 0 Å². The smallest absolute Gasteiger partial charge is 0.405 e. The zero-order valence-electron chi connectivity index (χ0n) is 12.0. The predicted octanol–water partition coefficient (Wildman–Crippen LogP) is 1.30. The third kappa shape index (κ3) is 4.35. The Morgan fingerprint density at radius 1 is 1.18 bits per heavy atom. The van der Waals surface area contributed by atoms with E-state index >= 15 is 0 Å². The second-order valence-corrected chi connectivity index (χ2v) is 4.97. The lowest BCUT2D eigenvalue weighted by Gasteiger charge is -2.34. The summed E-state index contributed by atoms with van der Waals surface area (Å²) >= 11 is 0. The van der Waals surface area contributed by atoms with Gasteiger partial charge in [-0.1, -0.05) is 12.1 Å². The lowest BCUT2D eigenvalue weighted by Crippen LogP contribution is -2.49. The summed E-state index contributed by atoms with van der Waals surface area (Å²) < 4.78 is 41.1. The maximum Gasteiger partial charge on any atom is 0.573 e. The van der Waals surface area contributed by atoms with E-state index in [9.17, 15) is 18.0 Å². The molecule has 122 valence electrons. The number of halogens is 3. The van der Waals surface area contributed by atoms with Crippen LogP contribution >= 0.6 is 0 Å². The summed E-state index contributed by atoms with van der Waals surface area (Å²) in [4.78, 5) is 16.1. The summed E-state index contributed by atoms with van der Waals surface area (Å²) in [6.07, 6.45) is -4.82. The summed E-state index contributed by atoms with van der Waals surface area (Å²) in [6, 6.07) is 5.40. The van der Waals surface area contributed by atoms with Crippen molar-refractivity contribution in [2.45, 2.75) is 6.36 Å². The van der Waals surface area contributed by atoms with Gasteiger partial charge in [0.25, 0.3) is 5.91 Å². The van der Waals surface area contributed by atoms with Crippen LogP contribution in [0.1, 0.15) is 10.4 Å². The first-order valence-corrected chi connectivity index (χ1v) is 6.97. The summed E-state index contributed by atoms with van der Waals surface area (Å²) in [5.41, 5.74) is 5.40. The van der Waals surface area contributed by atoms with Crippen molar-refractivity contribution in [3.05, 3.63) is 29.8 Å². The highest BCUT2D eigenvalue weighted by Gasteiger charge is 2.33. The minimum atomic E-state index is -4.82. The molecule has 0 aromatic heterocycles. The maximum absolute atomic E-state index is 12.4. The van der Waals surface area contributed by atoms with Crippen LogP contribution in [-0.4, -0.2) is 61.3 Å². The molecule has 2 N–H and O–H groups in total. The molecule has 1 aromatic rings. The van der Waals surface area contributed by atoms with Crippen molar-refractivity contribution >= 4 is 5.91 Å². The quantitative estimate of drug-likeness (QED) is 0.909. The second kappa shape index (κ2) is 6.97. The third-order valence-corrected chi connectivity index (χ3v) is 3.45. The van der Waals surface area contributed by atoms with E-state index in [-0.39, 0.29) is 5.56 Å². The number of benzene rings is 1. The van der Waals surface area contributed by atoms with Gasteiger partial charge in [-0.2, -0.15) is 0 Å². The Hall–Kier alpha value is -1.80. The number of nitrogens with two attached hydrogens (primary N) is 1. The SMILES string of the molecule is NCCN1CCN(C(=O)c2ccccc2OC(F)(F)F)CC1. The fourth-order valence-corrected chi connectivity index (χ4v) is 2.38. The van der Waals surface area contributed by atoms with E-state index in [2.05, 4.69) is 9.64 Å². The molecule has 1 heterocycles. The van der Waals surface area contributed by atoms with Crippen molar-refractivity contribution in [2.24, 2.45) is 5.73 Å². The molecule has 0 bridgehead atoms. The molecule has 1 fully saturated rings. The van der Waals surface area contributed by atoms with Crippen LogP contribution < -0.4 is 10.5 Å². The van der Waals surface area contributed by atoms with Crippen LogP contribution in [0.25, 0.3) is 0 Å². The molecule has 22 heavy (non-hydrogen) atoms. The lowest BCUT2D eigenvalue weighted by molar-refractivity contribution is -0.274. The van der Waals surface area contributed by atoms with Gasteiger partial charge in [-0.25, -0.2) is 0 Å². The summed E-state index contributed by atoms with van der Waals surface area (Å²) in [7, 11) is 0. The number of carbonyl (C=O) groups excluding carboxylic acids is 1. The predicted molar refractivity (Wildman–Crippen MR) is 74.5 cm³/mol. The molecule has 0 radical (unpaired) electrons. The van der Waals surface area contributed by atoms with Gasteiger partial charge in [-0.05, 0) is 12.1 Å². The van der Waals surface area contributed by atoms with Gasteiger partial charge < -0.3 is 15.4 Å². The molecular weight excluding hydrogens is 299 g/mol. The number of rotatable bonds is 4. The van der Waals surface area contributed by atoms with Crippen molar-refractivity contribution < 1.29 is 22.7 Å². The third-order valence-electron chi connectivity index (χ3n) is 3.45. The van der Waals surface area contributed by atoms with E-state index in [0.29, 0.717) is 32.7 Å². The van der Waals surface area contributed by atoms with Gasteiger partial charge in [0.05, 0.1) is 5.56 Å². The number of ether oxygens (including phenoxy) is 1. The van der Waals surface area contributed by atoms with E-state index in [1.54, 1.807) is 0 Å². The number of hydrogen-bond donors (Lipinski definition) is 1. The Morgan fingerprint density at radius 3 is 2.41 bits per heavy atom. The lowest BCUT2D eigenvalue weighted by atomic mass is 10.1. The average molecular weight is 317 g/mol. The maximum atomic E-state index is 12.4. The van der Waals surface area contributed by atoms with Gasteiger partial charge in [-0.3, -0.25) is 9.69 Å². The van der Waals surface area contributed by atoms with Gasteiger partial charge in [0, 0.05) is 39.3 Å². The zero-order chi connectivity index (χ0) is 16.2. The molecule has 0 saturated carbocycles. The highest BCUT2D eigenvalue weighted by atomic mass is 19.4. The Labute approximate surface area is 126 Å². The molecule has 1 aliphatic heterocycles. The van der Waals surface area contributed by atoms with Crippen LogP contribution in [-0.2, 0) is 0 Å². The molecular formula is C14H18F3N3O2. The van der Waals surface area contributed by atoms with E-state index in [4.69, 9.17) is 5.73 Å². The molecule has 2 rings (SSSR count). The van der Waals surface area contributed by atoms with Crippen molar-refractivity contribution in [2.75, 3.05) is 39.3 Å². The van der Waals surface area contributed by atoms with Crippen LogP contribution in [0.2, 0.25) is 0 Å². The van der Waals surface area contributed by atoms with Crippen molar-refractivity contribution in [3.8, 4) is 5.75 Å². The van der Waals surface area contributed by atoms with E-state index in [0.717, 1.165) is 12.6 Å². The standard InChI is InChI=1S/C14H18F3N3O2/c15-14(16,17)22-12-4-2-1-3-11(12)13(21)20-9-7-19(6-5-18)8-10-20/h1-4H,5-10,18H2. The van der Waals surface area contributed by atoms with Gasteiger partial charge in [0.2, 0.25) is 0 Å². The van der Waals surface area contributed by atoms with Gasteiger partial charge >= 0.3 is 6.36 Å². The van der Waals surface area contributed by atoms with Crippen molar-refractivity contribution in [1.29, 1.82) is 0 Å². The molecule has 1 aromatic carbocycles. The Balaban J connectivity index is 2.07. The first kappa shape index (κ1) is 16.6. The molecule has 1 amide bonds. The molecule has 1 aliphatic rings. The Morgan fingerprint density at radius 2 is 1.82 bits per heavy atom. The van der Waals surface area contributed by atoms with Crippen LogP contribution in [0.4, 0.5) is 13.2 Å². The Kier molecular flexibility index (Phi) is 5.25. The average Bonchev–Trinajstić information content (AvgIpc) is 2.47. The monoisotopic (exact) mass is 317 g/mol. The second-order valence-electron chi connectivity index (χ2n) is 4.97. The summed E-state index contributed by atoms with van der Waals surface area (Å²) in [6.45, 7) is 3.51. The number of alkyl halides is 3. The number of amides is 1. The van der Waals surface area contributed by atoms with Gasteiger partial charge in [0.15, 0.2) is 0 Å².